The molecule has 0 aliphatic heterocycles. The summed E-state index contributed by atoms with van der Waals surface area (Å²) in [4.78, 5) is 35.0. The van der Waals surface area contributed by atoms with Crippen LogP contribution in [0.5, 0.6) is 0 Å². The molecule has 0 unspecified atom stereocenters. The lowest BCUT2D eigenvalue weighted by molar-refractivity contribution is 0.0944. The zero-order valence-electron chi connectivity index (χ0n) is 18.4. The fourth-order valence-electron chi connectivity index (χ4n) is 3.03. The highest BCUT2D eigenvalue weighted by Gasteiger charge is 2.23. The Hall–Kier alpha value is -3.43. The molecule has 11 heteroatoms. The van der Waals surface area contributed by atoms with Gasteiger partial charge in [-0.05, 0) is 56.7 Å². The second-order valence-corrected chi connectivity index (χ2v) is 8.16. The number of nitrogens with zero attached hydrogens (tertiary/aromatic N) is 4. The standard InChI is InChI=1S/C22H22Cl2N6O3/c1-12(2)27-21(31)16-9-14(23)8-13(3)19(16)28-22(32)18-10-15(11-26-33-4)29-30(18)20-17(24)6-5-7-25-20/h5-12H,1-4H3,(H,27,31)(H,28,32). The first kappa shape index (κ1) is 24.2. The van der Waals surface area contributed by atoms with Crippen molar-refractivity contribution >= 4 is 46.9 Å². The average Bonchev–Trinajstić information content (AvgIpc) is 3.17. The highest BCUT2D eigenvalue weighted by Crippen LogP contribution is 2.27. The van der Waals surface area contributed by atoms with Crippen LogP contribution in [0, 0.1) is 6.92 Å². The fraction of sp³-hybridized carbons (Fsp3) is 0.227. The normalized spacial score (nSPS) is 11.1. The second kappa shape index (κ2) is 10.5. The van der Waals surface area contributed by atoms with E-state index in [9.17, 15) is 9.59 Å². The minimum absolute atomic E-state index is 0.101. The molecule has 9 nitrogen and oxygen atoms in total. The van der Waals surface area contributed by atoms with Gasteiger partial charge < -0.3 is 15.5 Å². The van der Waals surface area contributed by atoms with Crippen molar-refractivity contribution in [3.63, 3.8) is 0 Å². The number of hydrogen-bond donors (Lipinski definition) is 2. The summed E-state index contributed by atoms with van der Waals surface area (Å²) in [6, 6.07) is 7.86. The molecule has 172 valence electrons. The van der Waals surface area contributed by atoms with Crippen molar-refractivity contribution in [1.82, 2.24) is 20.1 Å². The number of aryl methyl sites for hydroxylation is 1. The van der Waals surface area contributed by atoms with Crippen LogP contribution < -0.4 is 10.6 Å². The second-order valence-electron chi connectivity index (χ2n) is 7.32. The molecule has 0 saturated heterocycles. The van der Waals surface area contributed by atoms with E-state index in [1.54, 1.807) is 25.1 Å². The third-order valence-electron chi connectivity index (χ3n) is 4.39. The molecule has 0 saturated carbocycles. The number of halogens is 2. The highest BCUT2D eigenvalue weighted by atomic mass is 35.5. The Labute approximate surface area is 200 Å². The molecule has 2 aromatic heterocycles. The molecule has 2 heterocycles. The van der Waals surface area contributed by atoms with E-state index in [1.807, 2.05) is 13.8 Å². The molecular weight excluding hydrogens is 467 g/mol. The van der Waals surface area contributed by atoms with Gasteiger partial charge in [-0.15, -0.1) is 0 Å². The average molecular weight is 489 g/mol. The van der Waals surface area contributed by atoms with Crippen molar-refractivity contribution in [2.75, 3.05) is 12.4 Å². The topological polar surface area (TPSA) is 110 Å². The molecule has 0 radical (unpaired) electrons. The van der Waals surface area contributed by atoms with Gasteiger partial charge in [0.1, 0.15) is 18.5 Å². The number of benzene rings is 1. The lowest BCUT2D eigenvalue weighted by Crippen LogP contribution is -2.31. The van der Waals surface area contributed by atoms with Crippen LogP contribution in [0.2, 0.25) is 10.0 Å². The Bertz CT molecular complexity index is 1220. The number of amides is 2. The molecule has 2 amide bonds. The number of aromatic nitrogens is 3. The van der Waals surface area contributed by atoms with Gasteiger partial charge in [-0.3, -0.25) is 9.59 Å². The van der Waals surface area contributed by atoms with E-state index in [0.717, 1.165) is 0 Å². The zero-order valence-corrected chi connectivity index (χ0v) is 19.9. The van der Waals surface area contributed by atoms with E-state index in [2.05, 4.69) is 25.9 Å². The summed E-state index contributed by atoms with van der Waals surface area (Å²) in [6.07, 6.45) is 2.88. The van der Waals surface area contributed by atoms with E-state index in [1.165, 1.54) is 36.3 Å². The number of oxime groups is 1. The largest absolute Gasteiger partial charge is 0.399 e. The van der Waals surface area contributed by atoms with Crippen molar-refractivity contribution in [3.05, 3.63) is 69.1 Å². The van der Waals surface area contributed by atoms with Gasteiger partial charge in [0, 0.05) is 17.3 Å². The summed E-state index contributed by atoms with van der Waals surface area (Å²) in [5, 5.41) is 14.3. The predicted octanol–water partition coefficient (Wildman–Crippen LogP) is 4.25. The van der Waals surface area contributed by atoms with Crippen LogP contribution in [-0.4, -0.2) is 45.9 Å². The Morgan fingerprint density at radius 2 is 1.97 bits per heavy atom. The first-order valence-corrected chi connectivity index (χ1v) is 10.7. The number of carbonyl (C=O) groups excluding carboxylic acids is 2. The molecule has 0 fully saturated rings. The van der Waals surface area contributed by atoms with Crippen LogP contribution in [0.25, 0.3) is 5.82 Å². The van der Waals surface area contributed by atoms with E-state index >= 15 is 0 Å². The van der Waals surface area contributed by atoms with E-state index in [4.69, 9.17) is 28.0 Å². The Balaban J connectivity index is 2.07. The minimum atomic E-state index is -0.537. The molecule has 0 aliphatic carbocycles. The van der Waals surface area contributed by atoms with Gasteiger partial charge in [0.2, 0.25) is 0 Å². The number of carbonyl (C=O) groups is 2. The number of anilines is 1. The summed E-state index contributed by atoms with van der Waals surface area (Å²) in [7, 11) is 1.39. The Morgan fingerprint density at radius 3 is 2.64 bits per heavy atom. The van der Waals surface area contributed by atoms with Crippen molar-refractivity contribution in [2.24, 2.45) is 5.16 Å². The van der Waals surface area contributed by atoms with Gasteiger partial charge in [0.25, 0.3) is 11.8 Å². The minimum Gasteiger partial charge on any atom is -0.399 e. The molecule has 0 bridgehead atoms. The first-order chi connectivity index (χ1) is 15.7. The van der Waals surface area contributed by atoms with Gasteiger partial charge in [-0.25, -0.2) is 9.67 Å². The van der Waals surface area contributed by atoms with Crippen LogP contribution in [0.15, 0.2) is 41.7 Å². The predicted molar refractivity (Wildman–Crippen MR) is 128 cm³/mol. The Morgan fingerprint density at radius 1 is 1.21 bits per heavy atom. The fourth-order valence-corrected chi connectivity index (χ4v) is 3.51. The Kier molecular flexibility index (Phi) is 7.67. The molecule has 2 N–H and O–H groups in total. The summed E-state index contributed by atoms with van der Waals surface area (Å²) >= 11 is 12.5. The van der Waals surface area contributed by atoms with E-state index in [0.29, 0.717) is 27.0 Å². The highest BCUT2D eigenvalue weighted by molar-refractivity contribution is 6.32. The summed E-state index contributed by atoms with van der Waals surface area (Å²) in [6.45, 7) is 5.43. The maximum atomic E-state index is 13.4. The van der Waals surface area contributed by atoms with Gasteiger partial charge >= 0.3 is 0 Å². The molecular formula is C22H22Cl2N6O3. The number of rotatable bonds is 7. The smallest absolute Gasteiger partial charge is 0.274 e. The van der Waals surface area contributed by atoms with Crippen LogP contribution in [0.3, 0.4) is 0 Å². The van der Waals surface area contributed by atoms with Crippen molar-refractivity contribution in [2.45, 2.75) is 26.8 Å². The molecule has 33 heavy (non-hydrogen) atoms. The molecule has 1 aromatic carbocycles. The van der Waals surface area contributed by atoms with Gasteiger partial charge in [-0.2, -0.15) is 5.10 Å². The van der Waals surface area contributed by atoms with Gasteiger partial charge in [0.05, 0.1) is 22.5 Å². The number of hydrogen-bond acceptors (Lipinski definition) is 6. The maximum absolute atomic E-state index is 13.4. The van der Waals surface area contributed by atoms with Crippen LogP contribution in [0.1, 0.15) is 46.0 Å². The third-order valence-corrected chi connectivity index (χ3v) is 4.91. The van der Waals surface area contributed by atoms with Crippen molar-refractivity contribution in [3.8, 4) is 5.82 Å². The van der Waals surface area contributed by atoms with Gasteiger partial charge in [0.15, 0.2) is 5.82 Å². The first-order valence-electron chi connectivity index (χ1n) is 9.91. The van der Waals surface area contributed by atoms with Crippen LogP contribution in [0.4, 0.5) is 5.69 Å². The lowest BCUT2D eigenvalue weighted by Gasteiger charge is -2.16. The maximum Gasteiger partial charge on any atom is 0.274 e. The molecule has 3 aromatic rings. The molecule has 0 aliphatic rings. The third kappa shape index (κ3) is 5.68. The summed E-state index contributed by atoms with van der Waals surface area (Å²) < 4.78 is 1.30. The quantitative estimate of drug-likeness (QED) is 0.381. The summed E-state index contributed by atoms with van der Waals surface area (Å²) in [5.41, 5.74) is 1.65. The molecule has 3 rings (SSSR count). The van der Waals surface area contributed by atoms with E-state index < -0.39 is 5.91 Å². The van der Waals surface area contributed by atoms with Crippen molar-refractivity contribution in [1.29, 1.82) is 0 Å². The molecule has 0 spiro atoms. The summed E-state index contributed by atoms with van der Waals surface area (Å²) in [5.74, 6) is -0.641. The lowest BCUT2D eigenvalue weighted by atomic mass is 10.1. The zero-order chi connectivity index (χ0) is 24.1. The van der Waals surface area contributed by atoms with Crippen LogP contribution in [-0.2, 0) is 4.84 Å². The van der Waals surface area contributed by atoms with E-state index in [-0.39, 0.29) is 29.0 Å². The van der Waals surface area contributed by atoms with Gasteiger partial charge in [-0.1, -0.05) is 28.4 Å². The monoisotopic (exact) mass is 488 g/mol. The number of pyridine rings is 1. The molecule has 0 atom stereocenters. The SMILES string of the molecule is CON=Cc1cc(C(=O)Nc2c(C)cc(Cl)cc2C(=O)NC(C)C)n(-c2ncccc2Cl)n1. The van der Waals surface area contributed by atoms with Crippen LogP contribution >= 0.6 is 23.2 Å². The van der Waals surface area contributed by atoms with Crippen molar-refractivity contribution < 1.29 is 14.4 Å². The number of nitrogens with one attached hydrogen (secondary N) is 2.